The number of hydrogen-bond acceptors (Lipinski definition) is 3. The number of hydrogen-bond donors (Lipinski definition) is 0. The molecule has 0 saturated carbocycles. The number of ether oxygens (including phenoxy) is 1. The second-order valence-electron chi connectivity index (χ2n) is 6.28. The Kier molecular flexibility index (Phi) is 4.18. The molecule has 23 heavy (non-hydrogen) atoms. The van der Waals surface area contributed by atoms with Crippen LogP contribution in [0, 0.1) is 0 Å². The Hall–Kier alpha value is -2.20. The van der Waals surface area contributed by atoms with E-state index in [1.165, 1.54) is 0 Å². The van der Waals surface area contributed by atoms with Gasteiger partial charge in [-0.1, -0.05) is 48.2 Å². The van der Waals surface area contributed by atoms with Gasteiger partial charge in [0, 0.05) is 21.4 Å². The van der Waals surface area contributed by atoms with Crippen LogP contribution in [0.25, 0.3) is 10.9 Å². The fraction of sp³-hybridized carbons (Fsp3) is 0.211. The topological polar surface area (TPSA) is 31.2 Å². The van der Waals surface area contributed by atoms with Gasteiger partial charge in [-0.05, 0) is 39.0 Å². The first-order valence-corrected chi connectivity index (χ1v) is 8.32. The lowest BCUT2D eigenvalue weighted by Gasteiger charge is -2.19. The zero-order chi connectivity index (χ0) is 16.4. The Labute approximate surface area is 140 Å². The molecule has 0 N–H and O–H groups in total. The van der Waals surface area contributed by atoms with E-state index in [-0.39, 0.29) is 6.09 Å². The summed E-state index contributed by atoms with van der Waals surface area (Å²) in [4.78, 5) is 14.6. The second kappa shape index (κ2) is 6.13. The predicted octanol–water partition coefficient (Wildman–Crippen LogP) is 5.58. The Morgan fingerprint density at radius 1 is 1.00 bits per heavy atom. The van der Waals surface area contributed by atoms with Crippen LogP contribution in [0.3, 0.4) is 0 Å². The molecule has 0 spiro atoms. The summed E-state index contributed by atoms with van der Waals surface area (Å²) in [5, 5.41) is 1.05. The molecule has 0 aliphatic carbocycles. The number of carbonyl (C=O) groups is 1. The van der Waals surface area contributed by atoms with Crippen molar-refractivity contribution in [3.8, 4) is 0 Å². The van der Waals surface area contributed by atoms with Crippen LogP contribution in [0.1, 0.15) is 20.8 Å². The first-order valence-electron chi connectivity index (χ1n) is 7.50. The molecule has 1 aromatic heterocycles. The van der Waals surface area contributed by atoms with Gasteiger partial charge in [-0.15, -0.1) is 0 Å². The third kappa shape index (κ3) is 3.59. The van der Waals surface area contributed by atoms with Crippen molar-refractivity contribution in [2.45, 2.75) is 36.2 Å². The van der Waals surface area contributed by atoms with Gasteiger partial charge in [0.15, 0.2) is 0 Å². The highest BCUT2D eigenvalue weighted by Gasteiger charge is 2.20. The van der Waals surface area contributed by atoms with Gasteiger partial charge < -0.3 is 4.74 Å². The Balaban J connectivity index is 2.02. The molecule has 1 heterocycles. The lowest BCUT2D eigenvalue weighted by Crippen LogP contribution is -2.26. The van der Waals surface area contributed by atoms with E-state index in [4.69, 9.17) is 4.74 Å². The average molecular weight is 325 g/mol. The van der Waals surface area contributed by atoms with Crippen LogP contribution in [-0.4, -0.2) is 16.3 Å². The van der Waals surface area contributed by atoms with Crippen molar-refractivity contribution in [3.63, 3.8) is 0 Å². The van der Waals surface area contributed by atoms with E-state index in [2.05, 4.69) is 12.1 Å². The molecule has 2 aromatic carbocycles. The minimum absolute atomic E-state index is 0.353. The minimum Gasteiger partial charge on any atom is -0.443 e. The zero-order valence-corrected chi connectivity index (χ0v) is 14.3. The number of rotatable bonds is 2. The SMILES string of the molecule is CC(C)(C)OC(=O)n1cc(Sc2ccccc2)c2ccccc21. The zero-order valence-electron chi connectivity index (χ0n) is 13.4. The largest absolute Gasteiger partial charge is 0.443 e. The fourth-order valence-corrected chi connectivity index (χ4v) is 3.30. The highest BCUT2D eigenvalue weighted by atomic mass is 32.2. The first kappa shape index (κ1) is 15.7. The Bertz CT molecular complexity index is 831. The minimum atomic E-state index is -0.519. The summed E-state index contributed by atoms with van der Waals surface area (Å²) in [5.41, 5.74) is 0.343. The van der Waals surface area contributed by atoms with Crippen molar-refractivity contribution in [2.75, 3.05) is 0 Å². The fourth-order valence-electron chi connectivity index (χ4n) is 2.31. The van der Waals surface area contributed by atoms with E-state index in [1.54, 1.807) is 16.3 Å². The molecule has 3 aromatic rings. The molecule has 3 nitrogen and oxygen atoms in total. The summed E-state index contributed by atoms with van der Waals surface area (Å²) in [6.45, 7) is 5.61. The summed E-state index contributed by atoms with van der Waals surface area (Å²) >= 11 is 1.64. The second-order valence-corrected chi connectivity index (χ2v) is 7.39. The standard InChI is InChI=1S/C19H19NO2S/c1-19(2,3)22-18(21)20-13-17(15-11-7-8-12-16(15)20)23-14-9-5-4-6-10-14/h4-13H,1-3H3. The number of carbonyl (C=O) groups excluding carboxylic acids is 1. The number of para-hydroxylation sites is 1. The lowest BCUT2D eigenvalue weighted by molar-refractivity contribution is 0.0544. The molecule has 0 fully saturated rings. The maximum absolute atomic E-state index is 12.5. The van der Waals surface area contributed by atoms with Crippen molar-refractivity contribution in [1.29, 1.82) is 0 Å². The first-order chi connectivity index (χ1) is 10.9. The van der Waals surface area contributed by atoms with Crippen molar-refractivity contribution in [3.05, 3.63) is 60.8 Å². The molecule has 3 rings (SSSR count). The quantitative estimate of drug-likeness (QED) is 0.616. The summed E-state index contributed by atoms with van der Waals surface area (Å²) in [6.07, 6.45) is 1.50. The van der Waals surface area contributed by atoms with Crippen molar-refractivity contribution in [1.82, 2.24) is 4.57 Å². The number of benzene rings is 2. The molecule has 0 radical (unpaired) electrons. The third-order valence-corrected chi connectivity index (χ3v) is 4.29. The van der Waals surface area contributed by atoms with Gasteiger partial charge in [-0.25, -0.2) is 4.79 Å². The summed E-state index contributed by atoms with van der Waals surface area (Å²) in [6, 6.07) is 18.0. The molecule has 0 amide bonds. The molecule has 0 atom stereocenters. The van der Waals surface area contributed by atoms with E-state index >= 15 is 0 Å². The van der Waals surface area contributed by atoms with Crippen molar-refractivity contribution < 1.29 is 9.53 Å². The van der Waals surface area contributed by atoms with Crippen LogP contribution in [0.15, 0.2) is 70.6 Å². The van der Waals surface area contributed by atoms with Crippen LogP contribution < -0.4 is 0 Å². The van der Waals surface area contributed by atoms with Gasteiger partial charge in [0.05, 0.1) is 5.52 Å². The number of aromatic nitrogens is 1. The number of nitrogens with zero attached hydrogens (tertiary/aromatic N) is 1. The normalized spacial score (nSPS) is 11.6. The Morgan fingerprint density at radius 2 is 1.65 bits per heavy atom. The molecule has 0 unspecified atom stereocenters. The highest BCUT2D eigenvalue weighted by Crippen LogP contribution is 2.35. The molecule has 0 bridgehead atoms. The summed E-state index contributed by atoms with van der Waals surface area (Å²) < 4.78 is 7.10. The smallest absolute Gasteiger partial charge is 0.419 e. The van der Waals surface area contributed by atoms with Gasteiger partial charge in [0.2, 0.25) is 0 Å². The lowest BCUT2D eigenvalue weighted by atomic mass is 10.2. The Morgan fingerprint density at radius 3 is 2.35 bits per heavy atom. The monoisotopic (exact) mass is 325 g/mol. The van der Waals surface area contributed by atoms with Gasteiger partial charge in [-0.3, -0.25) is 4.57 Å². The van der Waals surface area contributed by atoms with E-state index in [9.17, 15) is 4.79 Å². The predicted molar refractivity (Wildman–Crippen MR) is 94.1 cm³/mol. The molecule has 4 heteroatoms. The van der Waals surface area contributed by atoms with Crippen molar-refractivity contribution >= 4 is 28.8 Å². The van der Waals surface area contributed by atoms with Gasteiger partial charge in [-0.2, -0.15) is 0 Å². The van der Waals surface area contributed by atoms with Crippen LogP contribution in [0.5, 0.6) is 0 Å². The molecular weight excluding hydrogens is 306 g/mol. The number of fused-ring (bicyclic) bond motifs is 1. The van der Waals surface area contributed by atoms with E-state index in [0.717, 1.165) is 20.7 Å². The molecule has 0 saturated heterocycles. The van der Waals surface area contributed by atoms with Gasteiger partial charge in [0.25, 0.3) is 0 Å². The van der Waals surface area contributed by atoms with Crippen LogP contribution in [0.4, 0.5) is 4.79 Å². The summed E-state index contributed by atoms with van der Waals surface area (Å²) in [7, 11) is 0. The summed E-state index contributed by atoms with van der Waals surface area (Å²) in [5.74, 6) is 0. The average Bonchev–Trinajstić information content (AvgIpc) is 2.86. The van der Waals surface area contributed by atoms with E-state index in [1.807, 2.05) is 69.4 Å². The van der Waals surface area contributed by atoms with Gasteiger partial charge >= 0.3 is 6.09 Å². The third-order valence-electron chi connectivity index (χ3n) is 3.24. The van der Waals surface area contributed by atoms with E-state index < -0.39 is 5.60 Å². The molecular formula is C19H19NO2S. The van der Waals surface area contributed by atoms with Crippen LogP contribution >= 0.6 is 11.8 Å². The molecule has 0 aliphatic heterocycles. The maximum Gasteiger partial charge on any atom is 0.419 e. The maximum atomic E-state index is 12.5. The van der Waals surface area contributed by atoms with Crippen molar-refractivity contribution in [2.24, 2.45) is 0 Å². The highest BCUT2D eigenvalue weighted by molar-refractivity contribution is 7.99. The van der Waals surface area contributed by atoms with E-state index in [0.29, 0.717) is 0 Å². The molecule has 118 valence electrons. The van der Waals surface area contributed by atoms with Crippen LogP contribution in [0.2, 0.25) is 0 Å². The van der Waals surface area contributed by atoms with Crippen LogP contribution in [-0.2, 0) is 4.74 Å². The molecule has 0 aliphatic rings. The van der Waals surface area contributed by atoms with Gasteiger partial charge in [0.1, 0.15) is 5.60 Å².